The van der Waals surface area contributed by atoms with Crippen LogP contribution in [0.15, 0.2) is 22.8 Å². The molecule has 3 nitrogen and oxygen atoms in total. The fraction of sp³-hybridized carbons (Fsp3) is 0.643. The number of hydrogen-bond donors (Lipinski definition) is 2. The van der Waals surface area contributed by atoms with Gasteiger partial charge in [0.05, 0.1) is 11.7 Å². The zero-order valence-electron chi connectivity index (χ0n) is 10.9. The Kier molecular flexibility index (Phi) is 5.15. The van der Waals surface area contributed by atoms with Crippen LogP contribution in [0.1, 0.15) is 50.8 Å². The molecule has 0 aliphatic heterocycles. The number of nitrogens with two attached hydrogens (primary N) is 1. The fourth-order valence-corrected chi connectivity index (χ4v) is 3.42. The van der Waals surface area contributed by atoms with Gasteiger partial charge in [-0.2, -0.15) is 0 Å². The molecule has 1 aromatic rings. The van der Waals surface area contributed by atoms with Crippen molar-refractivity contribution in [1.82, 2.24) is 10.4 Å². The lowest BCUT2D eigenvalue weighted by Gasteiger charge is -2.36. The zero-order valence-corrected chi connectivity index (χ0v) is 12.5. The first kappa shape index (κ1) is 14.0. The molecule has 100 valence electrons. The van der Waals surface area contributed by atoms with E-state index in [-0.39, 0.29) is 6.04 Å². The van der Waals surface area contributed by atoms with Gasteiger partial charge in [-0.15, -0.1) is 0 Å². The summed E-state index contributed by atoms with van der Waals surface area (Å²) in [6, 6.07) is 4.29. The number of nitrogens with zero attached hydrogens (tertiary/aromatic N) is 1. The van der Waals surface area contributed by atoms with Gasteiger partial charge in [-0.05, 0) is 46.3 Å². The van der Waals surface area contributed by atoms with Crippen molar-refractivity contribution in [2.75, 3.05) is 0 Å². The highest BCUT2D eigenvalue weighted by Crippen LogP contribution is 2.39. The first-order chi connectivity index (χ1) is 8.76. The fourth-order valence-electron chi connectivity index (χ4n) is 3.18. The van der Waals surface area contributed by atoms with Crippen molar-refractivity contribution in [3.63, 3.8) is 0 Å². The summed E-state index contributed by atoms with van der Waals surface area (Å²) >= 11 is 3.42. The molecule has 18 heavy (non-hydrogen) atoms. The minimum Gasteiger partial charge on any atom is -0.271 e. The van der Waals surface area contributed by atoms with Crippen LogP contribution in [0, 0.1) is 11.8 Å². The first-order valence-corrected chi connectivity index (χ1v) is 7.63. The van der Waals surface area contributed by atoms with Gasteiger partial charge in [0.1, 0.15) is 0 Å². The lowest BCUT2D eigenvalue weighted by Crippen LogP contribution is -2.38. The van der Waals surface area contributed by atoms with Crippen molar-refractivity contribution in [2.24, 2.45) is 17.7 Å². The summed E-state index contributed by atoms with van der Waals surface area (Å²) < 4.78 is 1.01. The third-order valence-corrected chi connectivity index (χ3v) is 4.64. The summed E-state index contributed by atoms with van der Waals surface area (Å²) in [5.74, 6) is 7.17. The Bertz CT molecular complexity index is 366. The molecule has 1 saturated carbocycles. The molecule has 0 saturated heterocycles. The number of rotatable bonds is 4. The van der Waals surface area contributed by atoms with Crippen LogP contribution in [-0.2, 0) is 0 Å². The molecule has 3 atom stereocenters. The minimum absolute atomic E-state index is 0.184. The SMILES string of the molecule is CCC1CCCCC1C(NN)c1ccc(Br)cn1. The largest absolute Gasteiger partial charge is 0.271 e. The van der Waals surface area contributed by atoms with Crippen LogP contribution in [-0.4, -0.2) is 4.98 Å². The molecule has 2 rings (SSSR count). The Labute approximate surface area is 118 Å². The highest BCUT2D eigenvalue weighted by molar-refractivity contribution is 9.10. The summed E-state index contributed by atoms with van der Waals surface area (Å²) in [5.41, 5.74) is 4.06. The number of aromatic nitrogens is 1. The van der Waals surface area contributed by atoms with Gasteiger partial charge >= 0.3 is 0 Å². The van der Waals surface area contributed by atoms with Gasteiger partial charge in [-0.1, -0.05) is 32.6 Å². The zero-order chi connectivity index (χ0) is 13.0. The first-order valence-electron chi connectivity index (χ1n) is 6.83. The molecular weight excluding hydrogens is 290 g/mol. The molecule has 3 unspecified atom stereocenters. The van der Waals surface area contributed by atoms with E-state index in [0.29, 0.717) is 5.92 Å². The number of hydrogen-bond acceptors (Lipinski definition) is 3. The van der Waals surface area contributed by atoms with E-state index in [9.17, 15) is 0 Å². The second kappa shape index (κ2) is 6.64. The molecule has 0 aromatic carbocycles. The van der Waals surface area contributed by atoms with Crippen molar-refractivity contribution < 1.29 is 0 Å². The average molecular weight is 312 g/mol. The predicted molar refractivity (Wildman–Crippen MR) is 77.7 cm³/mol. The normalized spacial score (nSPS) is 25.9. The molecule has 1 fully saturated rings. The Balaban J connectivity index is 2.18. The maximum absolute atomic E-state index is 5.79. The smallest absolute Gasteiger partial charge is 0.0662 e. The second-order valence-electron chi connectivity index (χ2n) is 5.16. The summed E-state index contributed by atoms with van der Waals surface area (Å²) in [5, 5.41) is 0. The molecule has 1 aliphatic carbocycles. The van der Waals surface area contributed by atoms with E-state index in [1.54, 1.807) is 0 Å². The van der Waals surface area contributed by atoms with Gasteiger partial charge in [0.2, 0.25) is 0 Å². The lowest BCUT2D eigenvalue weighted by atomic mass is 9.73. The maximum atomic E-state index is 5.79. The van der Waals surface area contributed by atoms with Crippen molar-refractivity contribution in [3.8, 4) is 0 Å². The second-order valence-corrected chi connectivity index (χ2v) is 6.08. The molecule has 0 amide bonds. The third-order valence-electron chi connectivity index (χ3n) is 4.17. The molecule has 1 heterocycles. The number of nitrogens with one attached hydrogen (secondary N) is 1. The summed E-state index contributed by atoms with van der Waals surface area (Å²) in [4.78, 5) is 4.50. The van der Waals surface area contributed by atoms with E-state index in [1.807, 2.05) is 12.3 Å². The van der Waals surface area contributed by atoms with Gasteiger partial charge in [0.15, 0.2) is 0 Å². The molecule has 4 heteroatoms. The molecule has 0 bridgehead atoms. The van der Waals surface area contributed by atoms with Crippen LogP contribution in [0.4, 0.5) is 0 Å². The summed E-state index contributed by atoms with van der Waals surface area (Å²) in [6.45, 7) is 2.28. The van der Waals surface area contributed by atoms with E-state index in [0.717, 1.165) is 16.1 Å². The van der Waals surface area contributed by atoms with Crippen LogP contribution in [0.25, 0.3) is 0 Å². The maximum Gasteiger partial charge on any atom is 0.0662 e. The lowest BCUT2D eigenvalue weighted by molar-refractivity contribution is 0.173. The average Bonchev–Trinajstić information content (AvgIpc) is 2.42. The molecule has 0 spiro atoms. The Morgan fingerprint density at radius 3 is 2.83 bits per heavy atom. The van der Waals surface area contributed by atoms with Gasteiger partial charge in [-0.3, -0.25) is 16.3 Å². The predicted octanol–water partition coefficient (Wildman–Crippen LogP) is 3.56. The van der Waals surface area contributed by atoms with Crippen LogP contribution in [0.5, 0.6) is 0 Å². The van der Waals surface area contributed by atoms with E-state index in [1.165, 1.54) is 32.1 Å². The van der Waals surface area contributed by atoms with Gasteiger partial charge in [-0.25, -0.2) is 0 Å². The molecule has 1 aliphatic rings. The number of halogens is 1. The highest BCUT2D eigenvalue weighted by Gasteiger charge is 2.31. The van der Waals surface area contributed by atoms with Crippen LogP contribution < -0.4 is 11.3 Å². The van der Waals surface area contributed by atoms with Crippen molar-refractivity contribution >= 4 is 15.9 Å². The Morgan fingerprint density at radius 1 is 1.44 bits per heavy atom. The molecule has 0 radical (unpaired) electrons. The van der Waals surface area contributed by atoms with E-state index >= 15 is 0 Å². The molecule has 3 N–H and O–H groups in total. The van der Waals surface area contributed by atoms with Gasteiger partial charge < -0.3 is 0 Å². The van der Waals surface area contributed by atoms with Crippen LogP contribution >= 0.6 is 15.9 Å². The van der Waals surface area contributed by atoms with Crippen molar-refractivity contribution in [3.05, 3.63) is 28.5 Å². The summed E-state index contributed by atoms with van der Waals surface area (Å²) in [7, 11) is 0. The standard InChI is InChI=1S/C14H22BrN3/c1-2-10-5-3-4-6-12(10)14(18-16)13-8-7-11(15)9-17-13/h7-10,12,14,18H,2-6,16H2,1H3. The third kappa shape index (κ3) is 3.11. The van der Waals surface area contributed by atoms with E-state index in [2.05, 4.69) is 39.3 Å². The summed E-state index contributed by atoms with van der Waals surface area (Å²) in [6.07, 6.45) is 8.35. The topological polar surface area (TPSA) is 50.9 Å². The van der Waals surface area contributed by atoms with E-state index in [4.69, 9.17) is 5.84 Å². The highest BCUT2D eigenvalue weighted by atomic mass is 79.9. The van der Waals surface area contributed by atoms with Crippen LogP contribution in [0.3, 0.4) is 0 Å². The van der Waals surface area contributed by atoms with Crippen molar-refractivity contribution in [1.29, 1.82) is 0 Å². The van der Waals surface area contributed by atoms with Gasteiger partial charge in [0.25, 0.3) is 0 Å². The van der Waals surface area contributed by atoms with E-state index < -0.39 is 0 Å². The number of pyridine rings is 1. The quantitative estimate of drug-likeness (QED) is 0.660. The Morgan fingerprint density at radius 2 is 2.22 bits per heavy atom. The Hall–Kier alpha value is -0.450. The van der Waals surface area contributed by atoms with Crippen LogP contribution in [0.2, 0.25) is 0 Å². The van der Waals surface area contributed by atoms with Gasteiger partial charge in [0, 0.05) is 10.7 Å². The molecule has 1 aromatic heterocycles. The molecular formula is C14H22BrN3. The minimum atomic E-state index is 0.184. The monoisotopic (exact) mass is 311 g/mol. The van der Waals surface area contributed by atoms with Crippen molar-refractivity contribution in [2.45, 2.75) is 45.1 Å². The number of hydrazine groups is 1.